The van der Waals surface area contributed by atoms with Crippen LogP contribution in [0.5, 0.6) is 0 Å². The number of nitrogens with zero attached hydrogens (tertiary/aromatic N) is 2. The quantitative estimate of drug-likeness (QED) is 0.719. The predicted octanol–water partition coefficient (Wildman–Crippen LogP) is 1.34. The topological polar surface area (TPSA) is 52.0 Å². The fraction of sp³-hybridized carbons (Fsp3) is 0.625. The minimum Gasteiger partial charge on any atom is -0.268 e. The molecule has 6 heteroatoms. The van der Waals surface area contributed by atoms with Gasteiger partial charge in [-0.1, -0.05) is 13.8 Å². The Labute approximate surface area is 82.9 Å². The average molecular weight is 220 g/mol. The lowest BCUT2D eigenvalue weighted by Gasteiger charge is -2.08. The number of hydrogen-bond donors (Lipinski definition) is 0. The third-order valence-electron chi connectivity index (χ3n) is 1.66. The Morgan fingerprint density at radius 3 is 2.71 bits per heavy atom. The van der Waals surface area contributed by atoms with E-state index in [0.29, 0.717) is 18.2 Å². The molecule has 0 unspecified atom stereocenters. The molecule has 0 N–H and O–H groups in total. The van der Waals surface area contributed by atoms with Crippen LogP contribution in [0.25, 0.3) is 0 Å². The first-order valence-corrected chi connectivity index (χ1v) is 5.87. The number of hydrogen-bond acceptors (Lipinski definition) is 3. The molecular weight excluding hydrogens is 207 g/mol. The Bertz CT molecular complexity index is 397. The summed E-state index contributed by atoms with van der Waals surface area (Å²) in [6, 6.07) is 1.51. The summed E-state index contributed by atoms with van der Waals surface area (Å²) < 4.78 is 34.8. The maximum atomic E-state index is 12.4. The van der Waals surface area contributed by atoms with Gasteiger partial charge in [0.2, 0.25) is 0 Å². The van der Waals surface area contributed by atoms with Crippen LogP contribution in [0.15, 0.2) is 12.3 Å². The minimum atomic E-state index is -4.47. The predicted molar refractivity (Wildman–Crippen MR) is 50.8 cm³/mol. The molecule has 0 aromatic carbocycles. The van der Waals surface area contributed by atoms with E-state index < -0.39 is 16.0 Å². The lowest BCUT2D eigenvalue weighted by molar-refractivity contribution is 0.470. The molecule has 0 amide bonds. The first-order valence-electron chi connectivity index (χ1n) is 4.31. The van der Waals surface area contributed by atoms with Crippen LogP contribution in [-0.4, -0.2) is 18.2 Å². The van der Waals surface area contributed by atoms with Gasteiger partial charge in [-0.15, -0.1) is 3.89 Å². The van der Waals surface area contributed by atoms with Crippen molar-refractivity contribution in [2.75, 3.05) is 0 Å². The van der Waals surface area contributed by atoms with Crippen LogP contribution in [-0.2, 0) is 22.5 Å². The van der Waals surface area contributed by atoms with Crippen molar-refractivity contribution < 1.29 is 12.3 Å². The second-order valence-electron chi connectivity index (χ2n) is 3.58. The summed E-state index contributed by atoms with van der Waals surface area (Å²) >= 11 is 0. The fourth-order valence-electron chi connectivity index (χ4n) is 1.17. The number of rotatable bonds is 4. The lowest BCUT2D eigenvalue weighted by atomic mass is 10.2. The van der Waals surface area contributed by atoms with E-state index in [-0.39, 0.29) is 0 Å². The summed E-state index contributed by atoms with van der Waals surface area (Å²) in [4.78, 5) is 0. The Balaban J connectivity index is 2.83. The molecule has 1 heterocycles. The molecule has 0 atom stereocenters. The van der Waals surface area contributed by atoms with Crippen molar-refractivity contribution in [2.45, 2.75) is 26.1 Å². The van der Waals surface area contributed by atoms with Crippen molar-refractivity contribution >= 4 is 10.2 Å². The molecule has 0 aliphatic rings. The van der Waals surface area contributed by atoms with E-state index in [1.165, 1.54) is 16.9 Å². The highest BCUT2D eigenvalue weighted by atomic mass is 32.3. The SMILES string of the molecule is CC(C)Cn1nccc1CS(=O)(=O)F. The van der Waals surface area contributed by atoms with Gasteiger partial charge in [-0.2, -0.15) is 13.5 Å². The monoisotopic (exact) mass is 220 g/mol. The standard InChI is InChI=1S/C8H13FN2O2S/c1-7(2)5-11-8(3-4-10-11)6-14(9,12)13/h3-4,7H,5-6H2,1-2H3. The maximum Gasteiger partial charge on any atom is 0.308 e. The van der Waals surface area contributed by atoms with Gasteiger partial charge >= 0.3 is 10.2 Å². The van der Waals surface area contributed by atoms with E-state index in [2.05, 4.69) is 5.10 Å². The summed E-state index contributed by atoms with van der Waals surface area (Å²) in [6.07, 6.45) is 1.48. The summed E-state index contributed by atoms with van der Waals surface area (Å²) in [6.45, 7) is 4.56. The average Bonchev–Trinajstić information content (AvgIpc) is 2.32. The molecule has 0 radical (unpaired) electrons. The van der Waals surface area contributed by atoms with E-state index in [9.17, 15) is 12.3 Å². The van der Waals surface area contributed by atoms with Crippen LogP contribution >= 0.6 is 0 Å². The van der Waals surface area contributed by atoms with Gasteiger partial charge in [-0.25, -0.2) is 0 Å². The molecule has 0 aliphatic carbocycles. The number of halogens is 1. The van der Waals surface area contributed by atoms with Crippen molar-refractivity contribution in [3.8, 4) is 0 Å². The Kier molecular flexibility index (Phi) is 3.25. The highest BCUT2D eigenvalue weighted by Gasteiger charge is 2.13. The second kappa shape index (κ2) is 4.08. The van der Waals surface area contributed by atoms with Gasteiger partial charge < -0.3 is 0 Å². The molecule has 1 aromatic rings. The van der Waals surface area contributed by atoms with Crippen molar-refractivity contribution in [1.29, 1.82) is 0 Å². The third-order valence-corrected chi connectivity index (χ3v) is 2.30. The molecule has 0 saturated carbocycles. The first-order chi connectivity index (χ1) is 6.38. The van der Waals surface area contributed by atoms with Crippen LogP contribution < -0.4 is 0 Å². The fourth-order valence-corrected chi connectivity index (χ4v) is 1.77. The molecule has 0 spiro atoms. The molecule has 0 bridgehead atoms. The van der Waals surface area contributed by atoms with Crippen molar-refractivity contribution in [1.82, 2.24) is 9.78 Å². The van der Waals surface area contributed by atoms with Crippen LogP contribution in [0, 0.1) is 5.92 Å². The Morgan fingerprint density at radius 2 is 2.21 bits per heavy atom. The molecule has 0 saturated heterocycles. The summed E-state index contributed by atoms with van der Waals surface area (Å²) in [5.74, 6) is -0.254. The third kappa shape index (κ3) is 3.45. The van der Waals surface area contributed by atoms with Gasteiger partial charge in [0.05, 0.1) is 5.69 Å². The van der Waals surface area contributed by atoms with Gasteiger partial charge in [0.1, 0.15) is 5.75 Å². The van der Waals surface area contributed by atoms with Crippen molar-refractivity contribution in [2.24, 2.45) is 5.92 Å². The van der Waals surface area contributed by atoms with Crippen molar-refractivity contribution in [3.05, 3.63) is 18.0 Å². The van der Waals surface area contributed by atoms with E-state index in [1.54, 1.807) is 0 Å². The molecule has 14 heavy (non-hydrogen) atoms. The molecule has 0 fully saturated rings. The van der Waals surface area contributed by atoms with Crippen LogP contribution in [0.3, 0.4) is 0 Å². The summed E-state index contributed by atoms with van der Waals surface area (Å²) in [5.41, 5.74) is 0.390. The van der Waals surface area contributed by atoms with Gasteiger partial charge in [-0.3, -0.25) is 4.68 Å². The van der Waals surface area contributed by atoms with E-state index in [1.807, 2.05) is 13.8 Å². The van der Waals surface area contributed by atoms with Gasteiger partial charge in [0, 0.05) is 12.7 Å². The maximum absolute atomic E-state index is 12.4. The van der Waals surface area contributed by atoms with Gasteiger partial charge in [-0.05, 0) is 12.0 Å². The van der Waals surface area contributed by atoms with E-state index in [4.69, 9.17) is 0 Å². The zero-order valence-corrected chi connectivity index (χ0v) is 8.96. The Hall–Kier alpha value is -0.910. The van der Waals surface area contributed by atoms with E-state index in [0.717, 1.165) is 0 Å². The highest BCUT2D eigenvalue weighted by Crippen LogP contribution is 2.09. The summed E-state index contributed by atoms with van der Waals surface area (Å²) in [7, 11) is -4.47. The van der Waals surface area contributed by atoms with Crippen LogP contribution in [0.1, 0.15) is 19.5 Å². The zero-order valence-electron chi connectivity index (χ0n) is 8.14. The smallest absolute Gasteiger partial charge is 0.268 e. The second-order valence-corrected chi connectivity index (χ2v) is 4.95. The first kappa shape index (κ1) is 11.2. The Morgan fingerprint density at radius 1 is 1.57 bits per heavy atom. The molecule has 80 valence electrons. The minimum absolute atomic E-state index is 0.343. The highest BCUT2D eigenvalue weighted by molar-refractivity contribution is 7.85. The normalized spacial score (nSPS) is 12.3. The zero-order chi connectivity index (χ0) is 10.8. The summed E-state index contributed by atoms with van der Waals surface area (Å²) in [5, 5.41) is 3.93. The van der Waals surface area contributed by atoms with Crippen LogP contribution in [0.2, 0.25) is 0 Å². The van der Waals surface area contributed by atoms with Crippen LogP contribution in [0.4, 0.5) is 3.89 Å². The molecule has 1 aromatic heterocycles. The largest absolute Gasteiger partial charge is 0.308 e. The van der Waals surface area contributed by atoms with Crippen molar-refractivity contribution in [3.63, 3.8) is 0 Å². The molecular formula is C8H13FN2O2S. The molecule has 0 aliphatic heterocycles. The van der Waals surface area contributed by atoms with E-state index >= 15 is 0 Å². The van der Waals surface area contributed by atoms with Gasteiger partial charge in [0.15, 0.2) is 0 Å². The molecule has 1 rings (SSSR count). The lowest BCUT2D eigenvalue weighted by Crippen LogP contribution is -2.11. The van der Waals surface area contributed by atoms with Gasteiger partial charge in [0.25, 0.3) is 0 Å². The number of aromatic nitrogens is 2. The molecule has 4 nitrogen and oxygen atoms in total.